The molecule has 0 fully saturated rings. The molecule has 0 amide bonds. The zero-order valence-electron chi connectivity index (χ0n) is 57.8. The molecule has 0 N–H and O–H groups in total. The van der Waals surface area contributed by atoms with Crippen LogP contribution in [0.4, 0.5) is 0 Å². The van der Waals surface area contributed by atoms with Crippen LogP contribution >= 0.6 is 0 Å². The van der Waals surface area contributed by atoms with E-state index in [0.29, 0.717) is 17.4 Å². The second-order valence-electron chi connectivity index (χ2n) is 24.8. The number of rotatable bonds is 65. The Bertz CT molecular complexity index is 1970. The van der Waals surface area contributed by atoms with Crippen molar-refractivity contribution >= 4 is 17.9 Å². The number of aliphatic carboxylic acids is 1. The smallest absolute Gasteiger partial charge is 0.306 e. The summed E-state index contributed by atoms with van der Waals surface area (Å²) in [5, 5.41) is 11.8. The van der Waals surface area contributed by atoms with Gasteiger partial charge in [-0.05, 0) is 122 Å². The van der Waals surface area contributed by atoms with Crippen molar-refractivity contribution in [1.82, 2.24) is 0 Å². The third-order valence-electron chi connectivity index (χ3n) is 15.1. The quantitative estimate of drug-likeness (QED) is 0.0195. The highest BCUT2D eigenvalue weighted by Crippen LogP contribution is 2.16. The Kier molecular flexibility index (Phi) is 65.3. The molecular weight excluding hydrogens is 1100 g/mol. The summed E-state index contributed by atoms with van der Waals surface area (Å²) in [6.45, 7) is 4.62. The van der Waals surface area contributed by atoms with Crippen molar-refractivity contribution in [2.24, 2.45) is 0 Å². The van der Waals surface area contributed by atoms with Crippen molar-refractivity contribution in [2.75, 3.05) is 47.5 Å². The number of ether oxygens (including phenoxy) is 4. The summed E-state index contributed by atoms with van der Waals surface area (Å²) in [6.07, 6.45) is 97.8. The van der Waals surface area contributed by atoms with Crippen LogP contribution in [-0.2, 0) is 33.3 Å². The van der Waals surface area contributed by atoms with Crippen LogP contribution in [0.5, 0.6) is 0 Å². The fourth-order valence-corrected chi connectivity index (χ4v) is 9.60. The van der Waals surface area contributed by atoms with Crippen molar-refractivity contribution in [1.29, 1.82) is 0 Å². The Labute approximate surface area is 547 Å². The molecule has 506 valence electrons. The van der Waals surface area contributed by atoms with Crippen molar-refractivity contribution < 1.29 is 42.9 Å². The van der Waals surface area contributed by atoms with Gasteiger partial charge in [-0.15, -0.1) is 0 Å². The molecule has 2 unspecified atom stereocenters. The lowest BCUT2D eigenvalue weighted by molar-refractivity contribution is -0.870. The first-order valence-electron chi connectivity index (χ1n) is 36.0. The lowest BCUT2D eigenvalue weighted by atomic mass is 10.0. The highest BCUT2D eigenvalue weighted by Gasteiger charge is 2.22. The third-order valence-corrected chi connectivity index (χ3v) is 15.1. The Balaban J connectivity index is 4.15. The van der Waals surface area contributed by atoms with Gasteiger partial charge < -0.3 is 33.3 Å². The molecule has 0 aromatic heterocycles. The van der Waals surface area contributed by atoms with Gasteiger partial charge in [-0.25, -0.2) is 0 Å². The van der Waals surface area contributed by atoms with E-state index in [9.17, 15) is 19.5 Å². The number of carboxylic acid groups (broad SMARTS) is 1. The second-order valence-corrected chi connectivity index (χ2v) is 24.8. The van der Waals surface area contributed by atoms with Crippen LogP contribution in [0.25, 0.3) is 0 Å². The molecule has 9 heteroatoms. The van der Waals surface area contributed by atoms with E-state index in [-0.39, 0.29) is 38.6 Å². The first-order valence-corrected chi connectivity index (χ1v) is 36.0. The Hall–Kier alpha value is -4.83. The first-order chi connectivity index (χ1) is 43.6. The largest absolute Gasteiger partial charge is 0.545 e. The number of nitrogens with zero attached hydrogens (tertiary/aromatic N) is 1. The molecule has 9 nitrogen and oxygen atoms in total. The van der Waals surface area contributed by atoms with E-state index < -0.39 is 24.3 Å². The predicted octanol–water partition coefficient (Wildman–Crippen LogP) is 21.4. The van der Waals surface area contributed by atoms with Crippen molar-refractivity contribution in [3.05, 3.63) is 146 Å². The number of hydrogen-bond donors (Lipinski definition) is 0. The molecule has 2 atom stereocenters. The van der Waals surface area contributed by atoms with E-state index in [4.69, 9.17) is 18.9 Å². The third kappa shape index (κ3) is 70.5. The molecule has 0 heterocycles. The minimum Gasteiger partial charge on any atom is -0.545 e. The van der Waals surface area contributed by atoms with E-state index in [1.165, 1.54) is 135 Å². The van der Waals surface area contributed by atoms with Crippen molar-refractivity contribution in [2.45, 2.75) is 296 Å². The molecule has 0 saturated heterocycles. The van der Waals surface area contributed by atoms with Gasteiger partial charge in [0.1, 0.15) is 13.2 Å². The molecule has 0 radical (unpaired) electrons. The maximum atomic E-state index is 12.9. The molecule has 0 bridgehead atoms. The number of esters is 2. The predicted molar refractivity (Wildman–Crippen MR) is 379 cm³/mol. The number of quaternary nitrogens is 1. The Morgan fingerprint density at radius 2 is 0.640 bits per heavy atom. The number of allylic oxidation sites excluding steroid dienone is 24. The van der Waals surface area contributed by atoms with Crippen LogP contribution < -0.4 is 5.11 Å². The molecule has 0 aromatic rings. The van der Waals surface area contributed by atoms with Gasteiger partial charge in [0.2, 0.25) is 0 Å². The Morgan fingerprint density at radius 3 is 0.955 bits per heavy atom. The number of carbonyl (C=O) groups excluding carboxylic acids is 3. The van der Waals surface area contributed by atoms with E-state index in [1.807, 2.05) is 21.1 Å². The summed E-state index contributed by atoms with van der Waals surface area (Å²) >= 11 is 0. The van der Waals surface area contributed by atoms with Crippen LogP contribution in [0.2, 0.25) is 0 Å². The summed E-state index contributed by atoms with van der Waals surface area (Å²) in [5.74, 6) is -2.30. The number of likely N-dealkylation sites (N-methyl/N-ethyl adjacent to an activating group) is 1. The summed E-state index contributed by atoms with van der Waals surface area (Å²) < 4.78 is 22.8. The van der Waals surface area contributed by atoms with Crippen molar-refractivity contribution in [3.63, 3.8) is 0 Å². The van der Waals surface area contributed by atoms with Crippen LogP contribution in [0.15, 0.2) is 146 Å². The van der Waals surface area contributed by atoms with E-state index in [1.54, 1.807) is 0 Å². The van der Waals surface area contributed by atoms with E-state index >= 15 is 0 Å². The van der Waals surface area contributed by atoms with Crippen LogP contribution in [0, 0.1) is 0 Å². The minimum absolute atomic E-state index is 0.141. The van der Waals surface area contributed by atoms with Gasteiger partial charge in [-0.2, -0.15) is 0 Å². The maximum absolute atomic E-state index is 12.9. The van der Waals surface area contributed by atoms with Crippen LogP contribution in [0.1, 0.15) is 284 Å². The number of carbonyl (C=O) groups is 3. The summed E-state index contributed by atoms with van der Waals surface area (Å²) in [6, 6.07) is 0. The standard InChI is InChI=1S/C80H133NO8/c1-6-8-10-12-14-16-18-20-22-24-26-28-30-31-32-33-34-35-36-37-38-39-40-41-42-43-44-45-46-47-49-51-53-55-57-59-61-63-65-67-69-71-78(83)89-76(75-88-80(79(84)85)86-73-72-81(3,4)5)74-87-77(82)70-68-66-64-62-60-58-56-54-52-50-48-29-27-25-23-21-19-17-15-13-11-9-7-2/h8,10,14,16,19-22,25-28,31-32,34-35,37-38,40-41,43-44,46-47,76,80H,6-7,9,11-13,15,17-18,23-24,29-30,33,36,39,42,45,48-75H2,1-5H3/b10-8-,16-14-,21-19-,22-20-,27-25-,28-26-,32-31-,35-34-,38-37-,41-40-,44-43-,47-46-. The highest BCUT2D eigenvalue weighted by molar-refractivity contribution is 5.70. The average molecular weight is 1240 g/mol. The fraction of sp³-hybridized carbons (Fsp3) is 0.662. The molecular formula is C80H133NO8. The van der Waals surface area contributed by atoms with Crippen molar-refractivity contribution in [3.8, 4) is 0 Å². The van der Waals surface area contributed by atoms with Gasteiger partial charge in [-0.1, -0.05) is 295 Å². The molecule has 0 rings (SSSR count). The van der Waals surface area contributed by atoms with E-state index in [0.717, 1.165) is 116 Å². The molecule has 0 spiro atoms. The van der Waals surface area contributed by atoms with Crippen LogP contribution in [-0.4, -0.2) is 82.3 Å². The second kappa shape index (κ2) is 69.1. The number of unbranched alkanes of at least 4 members (excludes halogenated alkanes) is 26. The SMILES string of the molecule is CC/C=C\C/C=C\C/C=C\C/C=C\C/C=C\C/C=C\C/C=C\C/C=C\C/C=C\C/C=C\CCCCCCCCCCCCC(=O)OC(COC(=O)CCCCCCCCCCCCC/C=C\C/C=C\CCCCCCC)COC(OCC[N+](C)(C)C)C(=O)[O-]. The molecule has 0 aromatic carbocycles. The normalized spacial score (nSPS) is 13.6. The molecule has 0 aliphatic carbocycles. The number of hydrogen-bond acceptors (Lipinski definition) is 8. The van der Waals surface area contributed by atoms with Crippen LogP contribution in [0.3, 0.4) is 0 Å². The topological polar surface area (TPSA) is 111 Å². The lowest BCUT2D eigenvalue weighted by Gasteiger charge is -2.26. The molecule has 0 saturated carbocycles. The fourth-order valence-electron chi connectivity index (χ4n) is 9.60. The molecule has 0 aliphatic rings. The zero-order chi connectivity index (χ0) is 64.7. The van der Waals surface area contributed by atoms with E-state index in [2.05, 4.69) is 160 Å². The van der Waals surface area contributed by atoms with Gasteiger partial charge in [0.05, 0.1) is 40.3 Å². The minimum atomic E-state index is -1.63. The maximum Gasteiger partial charge on any atom is 0.306 e. The lowest BCUT2D eigenvalue weighted by Crippen LogP contribution is -2.44. The summed E-state index contributed by atoms with van der Waals surface area (Å²) in [7, 11) is 5.92. The summed E-state index contributed by atoms with van der Waals surface area (Å²) in [5.41, 5.74) is 0. The number of carboxylic acids is 1. The average Bonchev–Trinajstić information content (AvgIpc) is 3.64. The molecule has 89 heavy (non-hydrogen) atoms. The first kappa shape index (κ1) is 84.2. The monoisotopic (exact) mass is 1240 g/mol. The van der Waals surface area contributed by atoms with Gasteiger partial charge in [0.15, 0.2) is 12.4 Å². The zero-order valence-corrected chi connectivity index (χ0v) is 57.8. The molecule has 0 aliphatic heterocycles. The van der Waals surface area contributed by atoms with Gasteiger partial charge >= 0.3 is 11.9 Å². The highest BCUT2D eigenvalue weighted by atomic mass is 16.7. The van der Waals surface area contributed by atoms with Gasteiger partial charge in [0.25, 0.3) is 0 Å². The van der Waals surface area contributed by atoms with Gasteiger partial charge in [0, 0.05) is 12.8 Å². The van der Waals surface area contributed by atoms with Gasteiger partial charge in [-0.3, -0.25) is 9.59 Å². The Morgan fingerprint density at radius 1 is 0.348 bits per heavy atom. The summed E-state index contributed by atoms with van der Waals surface area (Å²) in [4.78, 5) is 37.5.